The number of carbonyl (C=O) groups excluding carboxylic acids is 2. The summed E-state index contributed by atoms with van der Waals surface area (Å²) in [7, 11) is 0. The molecule has 0 aromatic heterocycles. The average molecular weight is 360 g/mol. The average Bonchev–Trinajstić information content (AvgIpc) is 2.68. The molecule has 1 aromatic carbocycles. The molecule has 0 unspecified atom stereocenters. The first kappa shape index (κ1) is 19.7. The van der Waals surface area contributed by atoms with E-state index < -0.39 is 11.9 Å². The van der Waals surface area contributed by atoms with Crippen LogP contribution in [0.2, 0.25) is 0 Å². The SMILES string of the molecule is C=CC(=O)OCOc1ccc(C2CCC(OCOC(=O)C=C)CC2)cc1. The van der Waals surface area contributed by atoms with E-state index in [1.807, 2.05) is 24.3 Å². The largest absolute Gasteiger partial charge is 0.457 e. The van der Waals surface area contributed by atoms with Gasteiger partial charge in [0.1, 0.15) is 5.75 Å². The summed E-state index contributed by atoms with van der Waals surface area (Å²) in [5.41, 5.74) is 1.25. The van der Waals surface area contributed by atoms with E-state index >= 15 is 0 Å². The van der Waals surface area contributed by atoms with Crippen LogP contribution in [0.15, 0.2) is 49.6 Å². The van der Waals surface area contributed by atoms with Crippen molar-refractivity contribution < 1.29 is 28.5 Å². The summed E-state index contributed by atoms with van der Waals surface area (Å²) in [6.07, 6.45) is 6.20. The molecule has 0 bridgehead atoms. The molecule has 2 rings (SSSR count). The first-order valence-corrected chi connectivity index (χ1v) is 8.55. The number of hydrogen-bond donors (Lipinski definition) is 0. The molecule has 0 aliphatic heterocycles. The Morgan fingerprint density at radius 2 is 1.50 bits per heavy atom. The zero-order valence-electron chi connectivity index (χ0n) is 14.7. The lowest BCUT2D eigenvalue weighted by molar-refractivity contribution is -0.156. The van der Waals surface area contributed by atoms with Crippen LogP contribution >= 0.6 is 0 Å². The number of carbonyl (C=O) groups is 2. The van der Waals surface area contributed by atoms with E-state index in [1.54, 1.807) is 0 Å². The fourth-order valence-corrected chi connectivity index (χ4v) is 2.86. The molecule has 1 saturated carbocycles. The summed E-state index contributed by atoms with van der Waals surface area (Å²) >= 11 is 0. The van der Waals surface area contributed by atoms with Crippen molar-refractivity contribution in [2.75, 3.05) is 13.6 Å². The van der Waals surface area contributed by atoms with Gasteiger partial charge < -0.3 is 18.9 Å². The first-order chi connectivity index (χ1) is 12.6. The van der Waals surface area contributed by atoms with E-state index in [1.165, 1.54) is 5.56 Å². The summed E-state index contributed by atoms with van der Waals surface area (Å²) in [6, 6.07) is 7.80. The molecule has 1 aliphatic rings. The molecule has 6 heteroatoms. The van der Waals surface area contributed by atoms with Crippen molar-refractivity contribution in [1.29, 1.82) is 0 Å². The smallest absolute Gasteiger partial charge is 0.333 e. The molecule has 1 fully saturated rings. The van der Waals surface area contributed by atoms with Crippen molar-refractivity contribution in [2.24, 2.45) is 0 Å². The minimum Gasteiger partial charge on any atom is -0.457 e. The van der Waals surface area contributed by atoms with Gasteiger partial charge in [0.25, 0.3) is 0 Å². The second kappa shape index (κ2) is 10.4. The molecule has 26 heavy (non-hydrogen) atoms. The van der Waals surface area contributed by atoms with Crippen LogP contribution in [-0.2, 0) is 23.8 Å². The van der Waals surface area contributed by atoms with Gasteiger partial charge in [0.2, 0.25) is 6.79 Å². The maximum Gasteiger partial charge on any atom is 0.333 e. The van der Waals surface area contributed by atoms with E-state index in [0.717, 1.165) is 37.8 Å². The third-order valence-corrected chi connectivity index (χ3v) is 4.29. The van der Waals surface area contributed by atoms with Gasteiger partial charge in [-0.2, -0.15) is 0 Å². The van der Waals surface area contributed by atoms with Crippen LogP contribution in [0.5, 0.6) is 5.75 Å². The summed E-state index contributed by atoms with van der Waals surface area (Å²) in [5.74, 6) is 0.130. The van der Waals surface area contributed by atoms with Gasteiger partial charge in [-0.05, 0) is 49.3 Å². The third-order valence-electron chi connectivity index (χ3n) is 4.29. The number of ether oxygens (including phenoxy) is 4. The Kier molecular flexibility index (Phi) is 7.89. The van der Waals surface area contributed by atoms with E-state index in [9.17, 15) is 9.59 Å². The minimum atomic E-state index is -0.514. The van der Waals surface area contributed by atoms with Gasteiger partial charge in [0, 0.05) is 12.2 Å². The molecule has 0 N–H and O–H groups in total. The van der Waals surface area contributed by atoms with Crippen LogP contribution in [-0.4, -0.2) is 31.6 Å². The van der Waals surface area contributed by atoms with E-state index in [4.69, 9.17) is 18.9 Å². The molecule has 1 aliphatic carbocycles. The second-order valence-electron chi connectivity index (χ2n) is 5.92. The van der Waals surface area contributed by atoms with Crippen LogP contribution < -0.4 is 4.74 Å². The molecule has 0 heterocycles. The highest BCUT2D eigenvalue weighted by atomic mass is 16.7. The second-order valence-corrected chi connectivity index (χ2v) is 5.92. The quantitative estimate of drug-likeness (QED) is 0.381. The molecule has 0 saturated heterocycles. The summed E-state index contributed by atoms with van der Waals surface area (Å²) in [4.78, 5) is 21.9. The molecule has 0 spiro atoms. The Labute approximate surface area is 153 Å². The van der Waals surface area contributed by atoms with Crippen LogP contribution in [0.1, 0.15) is 37.2 Å². The fraction of sp³-hybridized carbons (Fsp3) is 0.400. The predicted molar refractivity (Wildman–Crippen MR) is 95.5 cm³/mol. The highest BCUT2D eigenvalue weighted by Crippen LogP contribution is 2.34. The lowest BCUT2D eigenvalue weighted by atomic mass is 9.83. The minimum absolute atomic E-state index is 0.0251. The summed E-state index contributed by atoms with van der Waals surface area (Å²) in [6.45, 7) is 6.50. The molecule has 0 atom stereocenters. The first-order valence-electron chi connectivity index (χ1n) is 8.55. The summed E-state index contributed by atoms with van der Waals surface area (Å²) < 4.78 is 20.5. The van der Waals surface area contributed by atoms with Gasteiger partial charge >= 0.3 is 11.9 Å². The zero-order valence-corrected chi connectivity index (χ0v) is 14.7. The van der Waals surface area contributed by atoms with Crippen molar-refractivity contribution in [2.45, 2.75) is 37.7 Å². The lowest BCUT2D eigenvalue weighted by Gasteiger charge is -2.28. The van der Waals surface area contributed by atoms with E-state index in [-0.39, 0.29) is 19.7 Å². The van der Waals surface area contributed by atoms with Gasteiger partial charge in [-0.15, -0.1) is 0 Å². The topological polar surface area (TPSA) is 71.1 Å². The van der Waals surface area contributed by atoms with Gasteiger partial charge in [0.05, 0.1) is 6.10 Å². The Balaban J connectivity index is 1.71. The van der Waals surface area contributed by atoms with Gasteiger partial charge in [0.15, 0.2) is 6.79 Å². The van der Waals surface area contributed by atoms with Crippen molar-refractivity contribution in [3.8, 4) is 5.75 Å². The van der Waals surface area contributed by atoms with Crippen LogP contribution in [0.25, 0.3) is 0 Å². The fourth-order valence-electron chi connectivity index (χ4n) is 2.86. The Morgan fingerprint density at radius 1 is 0.923 bits per heavy atom. The maximum atomic E-state index is 11.0. The number of benzene rings is 1. The Morgan fingerprint density at radius 3 is 2.08 bits per heavy atom. The summed E-state index contributed by atoms with van der Waals surface area (Å²) in [5, 5.41) is 0. The standard InChI is InChI=1S/C20H24O6/c1-3-19(21)25-13-23-17-9-5-15(6-10-17)16-7-11-18(12-8-16)24-14-26-20(22)4-2/h3-6,9-10,16,18H,1-2,7-8,11-14H2. The van der Waals surface area contributed by atoms with Crippen molar-refractivity contribution in [1.82, 2.24) is 0 Å². The van der Waals surface area contributed by atoms with E-state index in [2.05, 4.69) is 13.2 Å². The molecule has 0 radical (unpaired) electrons. The Bertz CT molecular complexity index is 614. The van der Waals surface area contributed by atoms with Crippen molar-refractivity contribution >= 4 is 11.9 Å². The lowest BCUT2D eigenvalue weighted by Crippen LogP contribution is -2.22. The van der Waals surface area contributed by atoms with Gasteiger partial charge in [-0.1, -0.05) is 25.3 Å². The number of hydrogen-bond acceptors (Lipinski definition) is 6. The maximum absolute atomic E-state index is 11.0. The van der Waals surface area contributed by atoms with Crippen molar-refractivity contribution in [3.05, 3.63) is 55.1 Å². The van der Waals surface area contributed by atoms with Crippen LogP contribution in [0, 0.1) is 0 Å². The monoisotopic (exact) mass is 360 g/mol. The molecule has 140 valence electrons. The van der Waals surface area contributed by atoms with Crippen LogP contribution in [0.3, 0.4) is 0 Å². The molecule has 6 nitrogen and oxygen atoms in total. The van der Waals surface area contributed by atoms with Gasteiger partial charge in [-0.3, -0.25) is 0 Å². The van der Waals surface area contributed by atoms with Crippen molar-refractivity contribution in [3.63, 3.8) is 0 Å². The highest BCUT2D eigenvalue weighted by Gasteiger charge is 2.23. The predicted octanol–water partition coefficient (Wildman–Crippen LogP) is 3.48. The highest BCUT2D eigenvalue weighted by molar-refractivity contribution is 5.81. The molecule has 1 aromatic rings. The number of rotatable bonds is 9. The Hall–Kier alpha value is -2.60. The number of esters is 2. The van der Waals surface area contributed by atoms with E-state index in [0.29, 0.717) is 11.7 Å². The van der Waals surface area contributed by atoms with Gasteiger partial charge in [-0.25, -0.2) is 9.59 Å². The zero-order chi connectivity index (χ0) is 18.8. The molecular formula is C20H24O6. The third kappa shape index (κ3) is 6.37. The molecular weight excluding hydrogens is 336 g/mol. The normalized spacial score (nSPS) is 19.2. The van der Waals surface area contributed by atoms with Crippen LogP contribution in [0.4, 0.5) is 0 Å². The molecule has 0 amide bonds.